The van der Waals surface area contributed by atoms with Gasteiger partial charge in [0.1, 0.15) is 0 Å². The second kappa shape index (κ2) is 9.12. The first-order chi connectivity index (χ1) is 10.5. The Bertz CT molecular complexity index is 603. The van der Waals surface area contributed by atoms with Crippen molar-refractivity contribution in [2.45, 2.75) is 32.9 Å². The maximum atomic E-state index is 5.42. The lowest BCUT2D eigenvalue weighted by atomic mass is 10.1. The topological polar surface area (TPSA) is 61.4 Å². The van der Waals surface area contributed by atoms with Crippen LogP contribution in [0.15, 0.2) is 35.3 Å². The normalized spacial score (nSPS) is 12.1. The van der Waals surface area contributed by atoms with Gasteiger partial charge in [0.2, 0.25) is 0 Å². The van der Waals surface area contributed by atoms with E-state index in [0.717, 1.165) is 23.7 Å². The van der Waals surface area contributed by atoms with Gasteiger partial charge in [0.25, 0.3) is 0 Å². The fraction of sp³-hybridized carbons (Fsp3) is 0.471. The average Bonchev–Trinajstić information content (AvgIpc) is 2.93. The number of aliphatic imine (C=N–C) groups is 1. The molecule has 5 nitrogen and oxygen atoms in total. The number of rotatable bonds is 6. The van der Waals surface area contributed by atoms with Gasteiger partial charge < -0.3 is 20.4 Å². The van der Waals surface area contributed by atoms with E-state index in [1.54, 1.807) is 7.11 Å². The number of nitrogens with one attached hydrogen (secondary N) is 3. The van der Waals surface area contributed by atoms with Crippen LogP contribution in [-0.2, 0) is 11.3 Å². The Hall–Kier alpha value is -1.28. The lowest BCUT2D eigenvalue weighted by Crippen LogP contribution is -2.45. The van der Waals surface area contributed by atoms with Gasteiger partial charge in [-0.15, -0.1) is 24.0 Å². The second-order valence-corrected chi connectivity index (χ2v) is 5.89. The third-order valence-electron chi connectivity index (χ3n) is 3.57. The average molecular weight is 430 g/mol. The largest absolute Gasteiger partial charge is 0.377 e. The molecule has 1 aromatic heterocycles. The molecular weight excluding hydrogens is 403 g/mol. The first kappa shape index (κ1) is 19.8. The molecular formula is C17H27IN4O. The summed E-state index contributed by atoms with van der Waals surface area (Å²) in [4.78, 5) is 8.01. The molecule has 0 fully saturated rings. The van der Waals surface area contributed by atoms with E-state index < -0.39 is 0 Å². The number of fused-ring (bicyclic) bond motifs is 1. The van der Waals surface area contributed by atoms with Gasteiger partial charge in [-0.2, -0.15) is 0 Å². The number of hydrogen-bond donors (Lipinski definition) is 3. The molecule has 0 bridgehead atoms. The quantitative estimate of drug-likeness (QED) is 0.375. The number of ether oxygens (including phenoxy) is 1. The highest BCUT2D eigenvalue weighted by molar-refractivity contribution is 14.0. The van der Waals surface area contributed by atoms with Gasteiger partial charge in [0.15, 0.2) is 5.96 Å². The van der Waals surface area contributed by atoms with E-state index in [2.05, 4.69) is 45.7 Å². The monoisotopic (exact) mass is 430 g/mol. The Morgan fingerprint density at radius 3 is 2.65 bits per heavy atom. The zero-order valence-corrected chi connectivity index (χ0v) is 16.6. The molecule has 0 unspecified atom stereocenters. The van der Waals surface area contributed by atoms with Crippen LogP contribution in [0.5, 0.6) is 0 Å². The lowest BCUT2D eigenvalue weighted by Gasteiger charge is -2.24. The number of guanidine groups is 1. The summed E-state index contributed by atoms with van der Waals surface area (Å²) in [5.41, 5.74) is 2.02. The summed E-state index contributed by atoms with van der Waals surface area (Å²) in [5, 5.41) is 7.78. The van der Waals surface area contributed by atoms with Gasteiger partial charge in [-0.05, 0) is 38.3 Å². The SMILES string of the molecule is CCNC(=NCc1cc2ccccc2[nH]1)NCC(C)(C)OC.I. The fourth-order valence-corrected chi connectivity index (χ4v) is 2.09. The van der Waals surface area contributed by atoms with Gasteiger partial charge >= 0.3 is 0 Å². The highest BCUT2D eigenvalue weighted by Gasteiger charge is 2.16. The molecule has 128 valence electrons. The van der Waals surface area contributed by atoms with Crippen LogP contribution in [0, 0.1) is 0 Å². The summed E-state index contributed by atoms with van der Waals surface area (Å²) < 4.78 is 5.42. The number of aromatic nitrogens is 1. The molecule has 0 aliphatic heterocycles. The molecule has 0 saturated carbocycles. The minimum absolute atomic E-state index is 0. The van der Waals surface area contributed by atoms with E-state index in [9.17, 15) is 0 Å². The van der Waals surface area contributed by atoms with E-state index in [4.69, 9.17) is 4.74 Å². The molecule has 1 aromatic carbocycles. The van der Waals surface area contributed by atoms with Gasteiger partial charge in [-0.1, -0.05) is 18.2 Å². The van der Waals surface area contributed by atoms with Crippen LogP contribution in [0.1, 0.15) is 26.5 Å². The van der Waals surface area contributed by atoms with Crippen molar-refractivity contribution in [2.24, 2.45) is 4.99 Å². The van der Waals surface area contributed by atoms with Crippen LogP contribution in [0.2, 0.25) is 0 Å². The standard InChI is InChI=1S/C17H26N4O.HI/c1-5-18-16(20-12-17(2,3)22-4)19-11-14-10-13-8-6-7-9-15(13)21-14;/h6-10,21H,5,11-12H2,1-4H3,(H2,18,19,20);1H. The molecule has 0 saturated heterocycles. The Balaban J connectivity index is 0.00000264. The van der Waals surface area contributed by atoms with Gasteiger partial charge in [0.05, 0.1) is 12.1 Å². The number of halogens is 1. The predicted octanol–water partition coefficient (Wildman–Crippen LogP) is 3.27. The van der Waals surface area contributed by atoms with Crippen molar-refractivity contribution in [1.82, 2.24) is 15.6 Å². The minimum Gasteiger partial charge on any atom is -0.377 e. The minimum atomic E-state index is -0.225. The summed E-state index contributed by atoms with van der Waals surface area (Å²) in [6.45, 7) is 8.27. The number of hydrogen-bond acceptors (Lipinski definition) is 2. The zero-order chi connectivity index (χ0) is 16.0. The van der Waals surface area contributed by atoms with E-state index >= 15 is 0 Å². The highest BCUT2D eigenvalue weighted by atomic mass is 127. The molecule has 1 heterocycles. The van der Waals surface area contributed by atoms with Crippen molar-refractivity contribution in [3.8, 4) is 0 Å². The Morgan fingerprint density at radius 1 is 1.26 bits per heavy atom. The van der Waals surface area contributed by atoms with Crippen LogP contribution >= 0.6 is 24.0 Å². The number of nitrogens with zero attached hydrogens (tertiary/aromatic N) is 1. The van der Waals surface area contributed by atoms with Crippen LogP contribution in [0.25, 0.3) is 10.9 Å². The third kappa shape index (κ3) is 6.02. The number of H-pyrrole nitrogens is 1. The number of benzene rings is 1. The fourth-order valence-electron chi connectivity index (χ4n) is 2.09. The van der Waals surface area contributed by atoms with Crippen molar-refractivity contribution in [3.63, 3.8) is 0 Å². The van der Waals surface area contributed by atoms with E-state index in [0.29, 0.717) is 13.1 Å². The lowest BCUT2D eigenvalue weighted by molar-refractivity contribution is 0.0268. The van der Waals surface area contributed by atoms with Crippen LogP contribution in [0.4, 0.5) is 0 Å². The summed E-state index contributed by atoms with van der Waals surface area (Å²) in [7, 11) is 1.72. The highest BCUT2D eigenvalue weighted by Crippen LogP contribution is 2.15. The summed E-state index contributed by atoms with van der Waals surface area (Å²) in [6, 6.07) is 10.4. The van der Waals surface area contributed by atoms with Crippen LogP contribution in [0.3, 0.4) is 0 Å². The number of para-hydroxylation sites is 1. The van der Waals surface area contributed by atoms with E-state index in [1.807, 2.05) is 26.0 Å². The van der Waals surface area contributed by atoms with Gasteiger partial charge in [0, 0.05) is 31.4 Å². The van der Waals surface area contributed by atoms with Crippen molar-refractivity contribution >= 4 is 40.8 Å². The van der Waals surface area contributed by atoms with E-state index in [1.165, 1.54) is 5.39 Å². The molecule has 0 amide bonds. The third-order valence-corrected chi connectivity index (χ3v) is 3.57. The maximum absolute atomic E-state index is 5.42. The summed E-state index contributed by atoms with van der Waals surface area (Å²) >= 11 is 0. The van der Waals surface area contributed by atoms with Crippen molar-refractivity contribution < 1.29 is 4.74 Å². The molecule has 23 heavy (non-hydrogen) atoms. The van der Waals surface area contributed by atoms with Gasteiger partial charge in [-0.25, -0.2) is 4.99 Å². The molecule has 6 heteroatoms. The Morgan fingerprint density at radius 2 is 2.00 bits per heavy atom. The van der Waals surface area contributed by atoms with Crippen LogP contribution < -0.4 is 10.6 Å². The Kier molecular flexibility index (Phi) is 7.84. The smallest absolute Gasteiger partial charge is 0.191 e. The molecule has 2 rings (SSSR count). The molecule has 0 aliphatic carbocycles. The number of methoxy groups -OCH3 is 1. The second-order valence-electron chi connectivity index (χ2n) is 5.89. The number of aromatic amines is 1. The molecule has 0 aliphatic rings. The summed E-state index contributed by atoms with van der Waals surface area (Å²) in [5.74, 6) is 0.797. The maximum Gasteiger partial charge on any atom is 0.191 e. The summed E-state index contributed by atoms with van der Waals surface area (Å²) in [6.07, 6.45) is 0. The van der Waals surface area contributed by atoms with Gasteiger partial charge in [-0.3, -0.25) is 0 Å². The predicted molar refractivity (Wildman–Crippen MR) is 108 cm³/mol. The first-order valence-corrected chi connectivity index (χ1v) is 7.68. The van der Waals surface area contributed by atoms with Crippen molar-refractivity contribution in [3.05, 3.63) is 36.0 Å². The Labute approximate surface area is 155 Å². The van der Waals surface area contributed by atoms with Crippen molar-refractivity contribution in [2.75, 3.05) is 20.2 Å². The molecule has 0 atom stereocenters. The van der Waals surface area contributed by atoms with Crippen LogP contribution in [-0.4, -0.2) is 36.7 Å². The molecule has 2 aromatic rings. The van der Waals surface area contributed by atoms with Crippen molar-refractivity contribution in [1.29, 1.82) is 0 Å². The van der Waals surface area contributed by atoms with E-state index in [-0.39, 0.29) is 29.6 Å². The molecule has 3 N–H and O–H groups in total. The first-order valence-electron chi connectivity index (χ1n) is 7.68. The molecule has 0 radical (unpaired) electrons. The zero-order valence-electron chi connectivity index (χ0n) is 14.3. The molecule has 0 spiro atoms.